The number of likely N-dealkylation sites (tertiary alicyclic amines) is 1. The second-order valence-corrected chi connectivity index (χ2v) is 7.28. The molecule has 1 aliphatic heterocycles. The largest absolute Gasteiger partial charge is 0.468 e. The number of amides is 2. The van der Waals surface area contributed by atoms with Gasteiger partial charge in [-0.25, -0.2) is 9.78 Å². The molecule has 0 radical (unpaired) electrons. The van der Waals surface area contributed by atoms with Crippen LogP contribution in [0.5, 0.6) is 0 Å². The lowest BCUT2D eigenvalue weighted by atomic mass is 9.94. The van der Waals surface area contributed by atoms with Crippen LogP contribution >= 0.6 is 0 Å². The first-order valence-electron chi connectivity index (χ1n) is 9.71. The van der Waals surface area contributed by atoms with Gasteiger partial charge in [0.05, 0.1) is 7.11 Å². The quantitative estimate of drug-likeness (QED) is 0.776. The highest BCUT2D eigenvalue weighted by Crippen LogP contribution is 2.21. The van der Waals surface area contributed by atoms with Gasteiger partial charge in [0.2, 0.25) is 0 Å². The molecule has 1 fully saturated rings. The number of ether oxygens (including phenoxy) is 1. The van der Waals surface area contributed by atoms with Gasteiger partial charge < -0.3 is 19.5 Å². The van der Waals surface area contributed by atoms with Crippen molar-refractivity contribution in [1.29, 1.82) is 0 Å². The average molecular weight is 384 g/mol. The van der Waals surface area contributed by atoms with Crippen molar-refractivity contribution in [2.24, 2.45) is 5.92 Å². The van der Waals surface area contributed by atoms with Crippen molar-refractivity contribution in [3.8, 4) is 0 Å². The predicted octanol–water partition coefficient (Wildman–Crippen LogP) is 2.38. The summed E-state index contributed by atoms with van der Waals surface area (Å²) in [7, 11) is 1.31. The lowest BCUT2D eigenvalue weighted by Crippen LogP contribution is -2.47. The summed E-state index contributed by atoms with van der Waals surface area (Å²) in [5, 5.41) is 2.63. The van der Waals surface area contributed by atoms with Crippen LogP contribution in [0.3, 0.4) is 0 Å². The van der Waals surface area contributed by atoms with Crippen LogP contribution in [0.2, 0.25) is 0 Å². The number of hydrogen-bond acceptors (Lipinski definition) is 4. The first kappa shape index (κ1) is 19.9. The molecule has 7 nitrogen and oxygen atoms in total. The number of urea groups is 1. The molecular weight excluding hydrogens is 356 g/mol. The molecular formula is C21H28N4O3. The Morgan fingerprint density at radius 3 is 2.82 bits per heavy atom. The molecule has 0 saturated carbocycles. The first-order chi connectivity index (χ1) is 13.6. The monoisotopic (exact) mass is 384 g/mol. The Balaban J connectivity index is 1.61. The second-order valence-electron chi connectivity index (χ2n) is 7.28. The maximum absolute atomic E-state index is 12.3. The van der Waals surface area contributed by atoms with E-state index in [4.69, 9.17) is 0 Å². The Labute approximate surface area is 165 Å². The summed E-state index contributed by atoms with van der Waals surface area (Å²) < 4.78 is 6.82. The minimum absolute atomic E-state index is 0.100. The molecule has 1 unspecified atom stereocenters. The Bertz CT molecular complexity index is 803. The van der Waals surface area contributed by atoms with Crippen LogP contribution in [-0.2, 0) is 22.5 Å². The second kappa shape index (κ2) is 9.39. The summed E-state index contributed by atoms with van der Waals surface area (Å²) in [4.78, 5) is 30.0. The molecule has 28 heavy (non-hydrogen) atoms. The Kier molecular flexibility index (Phi) is 6.68. The van der Waals surface area contributed by atoms with Gasteiger partial charge in [-0.05, 0) is 31.2 Å². The van der Waals surface area contributed by atoms with E-state index in [0.717, 1.165) is 37.3 Å². The minimum atomic E-state index is -0.444. The summed E-state index contributed by atoms with van der Waals surface area (Å²) in [5.41, 5.74) is 2.39. The number of rotatable bonds is 6. The summed E-state index contributed by atoms with van der Waals surface area (Å²) in [6, 6.07) is 10.2. The van der Waals surface area contributed by atoms with Crippen LogP contribution in [-0.4, -0.2) is 53.2 Å². The van der Waals surface area contributed by atoms with Gasteiger partial charge in [0, 0.05) is 37.9 Å². The molecule has 1 N–H and O–H groups in total. The third-order valence-electron chi connectivity index (χ3n) is 5.21. The molecule has 0 aliphatic carbocycles. The SMILES string of the molecule is COC(=O)CNC(=O)N1CCCC(Cc2ncc(C)n2Cc2ccccc2)C1. The Hall–Kier alpha value is -2.83. The van der Waals surface area contributed by atoms with Crippen LogP contribution in [0.15, 0.2) is 36.5 Å². The van der Waals surface area contributed by atoms with E-state index >= 15 is 0 Å². The molecule has 2 aromatic rings. The third kappa shape index (κ3) is 5.12. The van der Waals surface area contributed by atoms with Crippen molar-refractivity contribution in [3.05, 3.63) is 53.6 Å². The fourth-order valence-corrected chi connectivity index (χ4v) is 3.66. The molecule has 7 heteroatoms. The molecule has 0 spiro atoms. The number of aromatic nitrogens is 2. The van der Waals surface area contributed by atoms with Crippen LogP contribution < -0.4 is 5.32 Å². The van der Waals surface area contributed by atoms with Crippen LogP contribution in [0, 0.1) is 12.8 Å². The molecule has 150 valence electrons. The number of carbonyl (C=O) groups excluding carboxylic acids is 2. The molecule has 2 heterocycles. The Morgan fingerprint density at radius 1 is 1.29 bits per heavy atom. The van der Waals surface area contributed by atoms with E-state index in [1.807, 2.05) is 24.4 Å². The van der Waals surface area contributed by atoms with E-state index in [1.165, 1.54) is 12.7 Å². The summed E-state index contributed by atoms with van der Waals surface area (Å²) in [6.07, 6.45) is 4.77. The van der Waals surface area contributed by atoms with E-state index in [2.05, 4.69) is 38.7 Å². The summed E-state index contributed by atoms with van der Waals surface area (Å²) in [6.45, 7) is 4.16. The van der Waals surface area contributed by atoms with Gasteiger partial charge in [0.25, 0.3) is 0 Å². The summed E-state index contributed by atoms with van der Waals surface area (Å²) in [5.74, 6) is 0.970. The number of piperidine rings is 1. The van der Waals surface area contributed by atoms with Gasteiger partial charge in [-0.15, -0.1) is 0 Å². The van der Waals surface area contributed by atoms with E-state index in [9.17, 15) is 9.59 Å². The first-order valence-corrected chi connectivity index (χ1v) is 9.71. The van der Waals surface area contributed by atoms with Crippen molar-refractivity contribution in [2.75, 3.05) is 26.7 Å². The lowest BCUT2D eigenvalue weighted by molar-refractivity contribution is -0.139. The molecule has 1 aromatic heterocycles. The van der Waals surface area contributed by atoms with Crippen molar-refractivity contribution < 1.29 is 14.3 Å². The molecule has 0 bridgehead atoms. The van der Waals surface area contributed by atoms with Crippen molar-refractivity contribution in [2.45, 2.75) is 32.7 Å². The van der Waals surface area contributed by atoms with E-state index in [-0.39, 0.29) is 12.6 Å². The van der Waals surface area contributed by atoms with Crippen LogP contribution in [0.25, 0.3) is 0 Å². The molecule has 3 rings (SSSR count). The van der Waals surface area contributed by atoms with E-state index in [1.54, 1.807) is 4.90 Å². The van der Waals surface area contributed by atoms with Crippen molar-refractivity contribution in [1.82, 2.24) is 19.8 Å². The van der Waals surface area contributed by atoms with Gasteiger partial charge in [-0.1, -0.05) is 30.3 Å². The fourth-order valence-electron chi connectivity index (χ4n) is 3.66. The zero-order chi connectivity index (χ0) is 19.9. The number of hydrogen-bond donors (Lipinski definition) is 1. The molecule has 1 aromatic carbocycles. The van der Waals surface area contributed by atoms with Crippen LogP contribution in [0.4, 0.5) is 4.79 Å². The maximum atomic E-state index is 12.3. The standard InChI is InChI=1S/C21H28N4O3/c1-16-12-22-19(25(16)15-17-7-4-3-5-8-17)11-18-9-6-10-24(14-18)21(27)23-13-20(26)28-2/h3-5,7-8,12,18H,6,9-11,13-15H2,1-2H3,(H,23,27). The Morgan fingerprint density at radius 2 is 2.07 bits per heavy atom. The molecule has 1 atom stereocenters. The number of aryl methyl sites for hydroxylation is 1. The van der Waals surface area contributed by atoms with Crippen LogP contribution in [0.1, 0.15) is 29.9 Å². The molecule has 1 aliphatic rings. The van der Waals surface area contributed by atoms with E-state index in [0.29, 0.717) is 19.0 Å². The van der Waals surface area contributed by atoms with Crippen molar-refractivity contribution >= 4 is 12.0 Å². The van der Waals surface area contributed by atoms with Gasteiger partial charge in [0.15, 0.2) is 0 Å². The highest BCUT2D eigenvalue weighted by Gasteiger charge is 2.25. The van der Waals surface area contributed by atoms with Gasteiger partial charge in [-0.2, -0.15) is 0 Å². The van der Waals surface area contributed by atoms with E-state index < -0.39 is 5.97 Å². The lowest BCUT2D eigenvalue weighted by Gasteiger charge is -2.32. The van der Waals surface area contributed by atoms with Crippen molar-refractivity contribution in [3.63, 3.8) is 0 Å². The van der Waals surface area contributed by atoms with Gasteiger partial charge in [-0.3, -0.25) is 4.79 Å². The minimum Gasteiger partial charge on any atom is -0.468 e. The third-order valence-corrected chi connectivity index (χ3v) is 5.21. The number of nitrogens with zero attached hydrogens (tertiary/aromatic N) is 3. The highest BCUT2D eigenvalue weighted by atomic mass is 16.5. The normalized spacial score (nSPS) is 16.6. The topological polar surface area (TPSA) is 76.5 Å². The predicted molar refractivity (Wildman–Crippen MR) is 106 cm³/mol. The zero-order valence-corrected chi connectivity index (χ0v) is 16.6. The maximum Gasteiger partial charge on any atom is 0.325 e. The van der Waals surface area contributed by atoms with Gasteiger partial charge in [0.1, 0.15) is 12.4 Å². The smallest absolute Gasteiger partial charge is 0.325 e. The average Bonchev–Trinajstić information content (AvgIpc) is 3.06. The molecule has 2 amide bonds. The highest BCUT2D eigenvalue weighted by molar-refractivity contribution is 5.80. The van der Waals surface area contributed by atoms with Gasteiger partial charge >= 0.3 is 12.0 Å². The number of imidazole rings is 1. The number of esters is 1. The number of benzene rings is 1. The zero-order valence-electron chi connectivity index (χ0n) is 16.6. The fraction of sp³-hybridized carbons (Fsp3) is 0.476. The summed E-state index contributed by atoms with van der Waals surface area (Å²) >= 11 is 0. The molecule has 1 saturated heterocycles. The number of carbonyl (C=O) groups is 2. The number of methoxy groups -OCH3 is 1. The number of nitrogens with one attached hydrogen (secondary N) is 1.